The average Bonchev–Trinajstić information content (AvgIpc) is 3.16. The Bertz CT molecular complexity index is 910. The molecule has 1 aromatic heterocycles. The molecule has 0 aliphatic carbocycles. The van der Waals surface area contributed by atoms with Crippen molar-refractivity contribution in [3.8, 4) is 22.9 Å². The maximum absolute atomic E-state index is 12.6. The summed E-state index contributed by atoms with van der Waals surface area (Å²) in [4.78, 5) is 18.5. The van der Waals surface area contributed by atoms with Gasteiger partial charge in [-0.15, -0.1) is 0 Å². The largest absolute Gasteiger partial charge is 0.485 e. The quantitative estimate of drug-likeness (QED) is 0.719. The number of ether oxygens (including phenoxy) is 2. The van der Waals surface area contributed by atoms with E-state index in [1.807, 2.05) is 48.5 Å². The highest BCUT2D eigenvalue weighted by atomic mass is 16.6. The SMILES string of the molecule is CN(Cc1nc(-c2ccccc2)no1)C(=O)C1COc2ccccc2O1. The van der Waals surface area contributed by atoms with Crippen LogP contribution in [0.15, 0.2) is 59.1 Å². The molecule has 0 spiro atoms. The molecule has 2 aromatic carbocycles. The third-order valence-corrected chi connectivity index (χ3v) is 4.03. The molecule has 0 N–H and O–H groups in total. The van der Waals surface area contributed by atoms with Crippen molar-refractivity contribution in [1.82, 2.24) is 15.0 Å². The number of carbonyl (C=O) groups is 1. The fraction of sp³-hybridized carbons (Fsp3) is 0.211. The minimum Gasteiger partial charge on any atom is -0.485 e. The third-order valence-electron chi connectivity index (χ3n) is 4.03. The summed E-state index contributed by atoms with van der Waals surface area (Å²) in [5.41, 5.74) is 0.858. The monoisotopic (exact) mass is 351 g/mol. The molecule has 7 heteroatoms. The summed E-state index contributed by atoms with van der Waals surface area (Å²) in [5.74, 6) is 1.85. The molecule has 4 rings (SSSR count). The van der Waals surface area contributed by atoms with Crippen LogP contribution in [0.4, 0.5) is 0 Å². The van der Waals surface area contributed by atoms with Gasteiger partial charge in [0.2, 0.25) is 17.8 Å². The summed E-state index contributed by atoms with van der Waals surface area (Å²) in [7, 11) is 1.67. The van der Waals surface area contributed by atoms with Crippen LogP contribution < -0.4 is 9.47 Å². The fourth-order valence-electron chi connectivity index (χ4n) is 2.69. The van der Waals surface area contributed by atoms with Crippen molar-refractivity contribution in [3.63, 3.8) is 0 Å². The van der Waals surface area contributed by atoms with E-state index in [9.17, 15) is 4.79 Å². The van der Waals surface area contributed by atoms with Crippen LogP contribution in [-0.2, 0) is 11.3 Å². The average molecular weight is 351 g/mol. The minimum atomic E-state index is -0.702. The van der Waals surface area contributed by atoms with E-state index in [2.05, 4.69) is 10.1 Å². The van der Waals surface area contributed by atoms with Crippen LogP contribution in [-0.4, -0.2) is 40.7 Å². The lowest BCUT2D eigenvalue weighted by Crippen LogP contribution is -2.44. The summed E-state index contributed by atoms with van der Waals surface area (Å²) in [5, 5.41) is 3.96. The van der Waals surface area contributed by atoms with Gasteiger partial charge in [-0.2, -0.15) is 4.98 Å². The van der Waals surface area contributed by atoms with E-state index in [1.165, 1.54) is 4.90 Å². The standard InChI is InChI=1S/C19H17N3O4/c1-22(11-17-20-18(21-26-17)13-7-3-2-4-8-13)19(23)16-12-24-14-9-5-6-10-15(14)25-16/h2-10,16H,11-12H2,1H3. The Morgan fingerprint density at radius 1 is 1.12 bits per heavy atom. The number of benzene rings is 2. The Morgan fingerprint density at radius 3 is 2.65 bits per heavy atom. The van der Waals surface area contributed by atoms with E-state index < -0.39 is 6.10 Å². The van der Waals surface area contributed by atoms with Crippen LogP contribution >= 0.6 is 0 Å². The van der Waals surface area contributed by atoms with Gasteiger partial charge in [0.25, 0.3) is 5.91 Å². The normalized spacial score (nSPS) is 15.5. The summed E-state index contributed by atoms with van der Waals surface area (Å²) in [6.07, 6.45) is -0.702. The first-order valence-corrected chi connectivity index (χ1v) is 8.22. The molecule has 1 atom stereocenters. The Labute approximate surface area is 150 Å². The number of fused-ring (bicyclic) bond motifs is 1. The Balaban J connectivity index is 1.42. The Kier molecular flexibility index (Phi) is 4.27. The highest BCUT2D eigenvalue weighted by Gasteiger charge is 2.30. The molecule has 0 saturated carbocycles. The van der Waals surface area contributed by atoms with Crippen LogP contribution in [0.2, 0.25) is 0 Å². The number of likely N-dealkylation sites (N-methyl/N-ethyl adjacent to an activating group) is 1. The molecule has 0 bridgehead atoms. The topological polar surface area (TPSA) is 77.7 Å². The van der Waals surface area contributed by atoms with Gasteiger partial charge in [0.15, 0.2) is 11.5 Å². The number of hydrogen-bond donors (Lipinski definition) is 0. The number of para-hydroxylation sites is 2. The number of carbonyl (C=O) groups excluding carboxylic acids is 1. The molecule has 0 fully saturated rings. The molecule has 3 aromatic rings. The van der Waals surface area contributed by atoms with Crippen LogP contribution in [0, 0.1) is 0 Å². The summed E-state index contributed by atoms with van der Waals surface area (Å²) < 4.78 is 16.6. The molecular weight excluding hydrogens is 334 g/mol. The van der Waals surface area contributed by atoms with Crippen molar-refractivity contribution in [1.29, 1.82) is 0 Å². The van der Waals surface area contributed by atoms with Gasteiger partial charge in [0.05, 0.1) is 6.54 Å². The number of amides is 1. The van der Waals surface area contributed by atoms with E-state index in [1.54, 1.807) is 13.1 Å². The molecular formula is C19H17N3O4. The lowest BCUT2D eigenvalue weighted by atomic mass is 10.2. The molecule has 26 heavy (non-hydrogen) atoms. The van der Waals surface area contributed by atoms with Crippen LogP contribution in [0.25, 0.3) is 11.4 Å². The predicted octanol–water partition coefficient (Wildman–Crippen LogP) is 2.54. The number of nitrogens with zero attached hydrogens (tertiary/aromatic N) is 3. The van der Waals surface area contributed by atoms with Gasteiger partial charge >= 0.3 is 0 Å². The van der Waals surface area contributed by atoms with Crippen molar-refractivity contribution in [3.05, 3.63) is 60.5 Å². The van der Waals surface area contributed by atoms with E-state index in [4.69, 9.17) is 14.0 Å². The molecule has 0 radical (unpaired) electrons. The summed E-state index contributed by atoms with van der Waals surface area (Å²) >= 11 is 0. The van der Waals surface area contributed by atoms with Crippen molar-refractivity contribution in [2.45, 2.75) is 12.6 Å². The molecule has 7 nitrogen and oxygen atoms in total. The first-order chi connectivity index (χ1) is 12.7. The zero-order valence-corrected chi connectivity index (χ0v) is 14.2. The van der Waals surface area contributed by atoms with E-state index in [0.717, 1.165) is 5.56 Å². The van der Waals surface area contributed by atoms with Gasteiger partial charge in [0.1, 0.15) is 6.61 Å². The fourth-order valence-corrected chi connectivity index (χ4v) is 2.69. The second-order valence-electron chi connectivity index (χ2n) is 5.94. The molecule has 1 amide bonds. The lowest BCUT2D eigenvalue weighted by molar-refractivity contribution is -0.140. The molecule has 1 aliphatic heterocycles. The third kappa shape index (κ3) is 3.23. The zero-order valence-electron chi connectivity index (χ0n) is 14.2. The highest BCUT2D eigenvalue weighted by Crippen LogP contribution is 2.31. The van der Waals surface area contributed by atoms with Gasteiger partial charge in [-0.25, -0.2) is 0 Å². The molecule has 2 heterocycles. The van der Waals surface area contributed by atoms with Gasteiger partial charge in [-0.05, 0) is 12.1 Å². The second-order valence-corrected chi connectivity index (χ2v) is 5.94. The first kappa shape index (κ1) is 16.1. The van der Waals surface area contributed by atoms with Crippen molar-refractivity contribution < 1.29 is 18.8 Å². The minimum absolute atomic E-state index is 0.166. The van der Waals surface area contributed by atoms with Crippen molar-refractivity contribution in [2.24, 2.45) is 0 Å². The summed E-state index contributed by atoms with van der Waals surface area (Å²) in [6.45, 7) is 0.361. The maximum atomic E-state index is 12.6. The number of hydrogen-bond acceptors (Lipinski definition) is 6. The van der Waals surface area contributed by atoms with Crippen LogP contribution in [0.5, 0.6) is 11.5 Å². The zero-order chi connectivity index (χ0) is 17.9. The van der Waals surface area contributed by atoms with E-state index >= 15 is 0 Å². The van der Waals surface area contributed by atoms with Gasteiger partial charge in [0, 0.05) is 12.6 Å². The lowest BCUT2D eigenvalue weighted by Gasteiger charge is -2.28. The second kappa shape index (κ2) is 6.87. The molecule has 1 aliphatic rings. The van der Waals surface area contributed by atoms with Gasteiger partial charge in [-0.3, -0.25) is 4.79 Å². The van der Waals surface area contributed by atoms with Gasteiger partial charge in [-0.1, -0.05) is 47.6 Å². The maximum Gasteiger partial charge on any atom is 0.267 e. The molecule has 1 unspecified atom stereocenters. The van der Waals surface area contributed by atoms with Gasteiger partial charge < -0.3 is 18.9 Å². The summed E-state index contributed by atoms with van der Waals surface area (Å²) in [6, 6.07) is 16.8. The number of rotatable bonds is 4. The number of aromatic nitrogens is 2. The van der Waals surface area contributed by atoms with E-state index in [0.29, 0.717) is 23.2 Å². The predicted molar refractivity (Wildman–Crippen MR) is 92.6 cm³/mol. The van der Waals surface area contributed by atoms with Crippen molar-refractivity contribution in [2.75, 3.05) is 13.7 Å². The van der Waals surface area contributed by atoms with Crippen molar-refractivity contribution >= 4 is 5.91 Å². The van der Waals surface area contributed by atoms with Crippen LogP contribution in [0.1, 0.15) is 5.89 Å². The highest BCUT2D eigenvalue weighted by molar-refractivity contribution is 5.81. The molecule has 0 saturated heterocycles. The Morgan fingerprint density at radius 2 is 1.85 bits per heavy atom. The molecule has 132 valence electrons. The van der Waals surface area contributed by atoms with E-state index in [-0.39, 0.29) is 19.1 Å². The first-order valence-electron chi connectivity index (χ1n) is 8.22. The van der Waals surface area contributed by atoms with Crippen LogP contribution in [0.3, 0.4) is 0 Å². The smallest absolute Gasteiger partial charge is 0.267 e. The Hall–Kier alpha value is -3.35.